The van der Waals surface area contributed by atoms with E-state index in [1.165, 1.54) is 0 Å². The maximum Gasteiger partial charge on any atom is 0.238 e. The van der Waals surface area contributed by atoms with Crippen LogP contribution in [0.2, 0.25) is 0 Å². The smallest absolute Gasteiger partial charge is 0.238 e. The fourth-order valence-electron chi connectivity index (χ4n) is 2.17. The fourth-order valence-corrected chi connectivity index (χ4v) is 2.68. The molecular weight excluding hydrogens is 264 g/mol. The van der Waals surface area contributed by atoms with E-state index in [0.717, 1.165) is 44.6 Å². The standard InChI is InChI=1S/C13H20N2O3S/c14-19(16,17)13-5-3-11(4-6-13)7-8-15-12-2-1-9-18-10-12/h3-6,12,15H,1-2,7-10H2,(H2,14,16,17). The largest absolute Gasteiger partial charge is 0.380 e. The summed E-state index contributed by atoms with van der Waals surface area (Å²) in [5.41, 5.74) is 1.09. The molecule has 1 heterocycles. The third-order valence-electron chi connectivity index (χ3n) is 3.26. The van der Waals surface area contributed by atoms with E-state index in [1.54, 1.807) is 24.3 Å². The van der Waals surface area contributed by atoms with Crippen molar-refractivity contribution in [1.29, 1.82) is 0 Å². The molecule has 1 saturated heterocycles. The van der Waals surface area contributed by atoms with E-state index in [2.05, 4.69) is 5.32 Å². The molecular formula is C13H20N2O3S. The molecule has 0 aliphatic carbocycles. The van der Waals surface area contributed by atoms with Gasteiger partial charge in [0.2, 0.25) is 10.0 Å². The second kappa shape index (κ2) is 6.47. The number of benzene rings is 1. The molecule has 0 aromatic heterocycles. The Bertz CT molecular complexity index is 493. The van der Waals surface area contributed by atoms with Crippen LogP contribution in [-0.2, 0) is 21.2 Å². The van der Waals surface area contributed by atoms with E-state index in [0.29, 0.717) is 6.04 Å². The van der Waals surface area contributed by atoms with E-state index < -0.39 is 10.0 Å². The first kappa shape index (κ1) is 14.5. The predicted molar refractivity (Wildman–Crippen MR) is 73.4 cm³/mol. The van der Waals surface area contributed by atoms with Crippen LogP contribution in [0.5, 0.6) is 0 Å². The van der Waals surface area contributed by atoms with Gasteiger partial charge in [0.15, 0.2) is 0 Å². The molecule has 0 amide bonds. The van der Waals surface area contributed by atoms with Gasteiger partial charge >= 0.3 is 0 Å². The summed E-state index contributed by atoms with van der Waals surface area (Å²) in [6, 6.07) is 7.15. The summed E-state index contributed by atoms with van der Waals surface area (Å²) in [6.07, 6.45) is 3.13. The summed E-state index contributed by atoms with van der Waals surface area (Å²) in [6.45, 7) is 2.51. The Kier molecular flexibility index (Phi) is 4.93. The van der Waals surface area contributed by atoms with Crippen molar-refractivity contribution < 1.29 is 13.2 Å². The van der Waals surface area contributed by atoms with E-state index >= 15 is 0 Å². The minimum Gasteiger partial charge on any atom is -0.380 e. The van der Waals surface area contributed by atoms with Crippen molar-refractivity contribution in [3.63, 3.8) is 0 Å². The normalized spacial score (nSPS) is 20.4. The Morgan fingerprint density at radius 2 is 2.05 bits per heavy atom. The number of ether oxygens (including phenoxy) is 1. The Morgan fingerprint density at radius 1 is 1.32 bits per heavy atom. The zero-order valence-corrected chi connectivity index (χ0v) is 11.7. The number of hydrogen-bond donors (Lipinski definition) is 2. The molecule has 1 aromatic rings. The maximum absolute atomic E-state index is 11.1. The third kappa shape index (κ3) is 4.58. The van der Waals surface area contributed by atoms with Crippen molar-refractivity contribution in [2.75, 3.05) is 19.8 Å². The highest BCUT2D eigenvalue weighted by molar-refractivity contribution is 7.89. The van der Waals surface area contributed by atoms with Gasteiger partial charge in [0.25, 0.3) is 0 Å². The third-order valence-corrected chi connectivity index (χ3v) is 4.19. The van der Waals surface area contributed by atoms with Crippen LogP contribution in [0.15, 0.2) is 29.2 Å². The number of nitrogens with two attached hydrogens (primary N) is 1. The molecule has 5 nitrogen and oxygen atoms in total. The van der Waals surface area contributed by atoms with Crippen LogP contribution in [0, 0.1) is 0 Å². The lowest BCUT2D eigenvalue weighted by molar-refractivity contribution is 0.0707. The van der Waals surface area contributed by atoms with Gasteiger partial charge in [-0.1, -0.05) is 12.1 Å². The Labute approximate surface area is 114 Å². The SMILES string of the molecule is NS(=O)(=O)c1ccc(CCNC2CCCOC2)cc1. The minimum atomic E-state index is -3.59. The van der Waals surface area contributed by atoms with Crippen molar-refractivity contribution >= 4 is 10.0 Å². The molecule has 1 fully saturated rings. The number of nitrogens with one attached hydrogen (secondary N) is 1. The molecule has 0 radical (unpaired) electrons. The van der Waals surface area contributed by atoms with Gasteiger partial charge in [-0.15, -0.1) is 0 Å². The second-order valence-corrected chi connectivity index (χ2v) is 6.37. The zero-order chi connectivity index (χ0) is 13.7. The lowest BCUT2D eigenvalue weighted by Gasteiger charge is -2.23. The highest BCUT2D eigenvalue weighted by atomic mass is 32.2. The first-order valence-corrected chi connectivity index (χ1v) is 8.03. The van der Waals surface area contributed by atoms with Crippen molar-refractivity contribution in [1.82, 2.24) is 5.32 Å². The molecule has 1 unspecified atom stereocenters. The van der Waals surface area contributed by atoms with Crippen LogP contribution in [0.4, 0.5) is 0 Å². The molecule has 0 bridgehead atoms. The fraction of sp³-hybridized carbons (Fsp3) is 0.538. The molecule has 1 aromatic carbocycles. The van der Waals surface area contributed by atoms with Gasteiger partial charge in [-0.3, -0.25) is 0 Å². The van der Waals surface area contributed by atoms with Gasteiger partial charge in [0.1, 0.15) is 0 Å². The first-order chi connectivity index (χ1) is 9.05. The first-order valence-electron chi connectivity index (χ1n) is 6.48. The highest BCUT2D eigenvalue weighted by Gasteiger charge is 2.12. The topological polar surface area (TPSA) is 81.4 Å². The van der Waals surface area contributed by atoms with E-state index in [1.807, 2.05) is 0 Å². The lowest BCUT2D eigenvalue weighted by Crippen LogP contribution is -2.37. The molecule has 6 heteroatoms. The number of sulfonamides is 1. The summed E-state index contributed by atoms with van der Waals surface area (Å²) >= 11 is 0. The monoisotopic (exact) mass is 284 g/mol. The lowest BCUT2D eigenvalue weighted by atomic mass is 10.1. The Balaban J connectivity index is 1.80. The molecule has 0 saturated carbocycles. The van der Waals surface area contributed by atoms with Gasteiger partial charge in [0.05, 0.1) is 11.5 Å². The molecule has 3 N–H and O–H groups in total. The molecule has 0 spiro atoms. The van der Waals surface area contributed by atoms with Crippen LogP contribution in [0.25, 0.3) is 0 Å². The molecule has 1 aliphatic rings. The maximum atomic E-state index is 11.1. The summed E-state index contributed by atoms with van der Waals surface area (Å²) in [7, 11) is -3.59. The van der Waals surface area contributed by atoms with Gasteiger partial charge in [-0.05, 0) is 43.5 Å². The van der Waals surface area contributed by atoms with Gasteiger partial charge < -0.3 is 10.1 Å². The van der Waals surface area contributed by atoms with Gasteiger partial charge in [-0.2, -0.15) is 0 Å². The van der Waals surface area contributed by atoms with Crippen molar-refractivity contribution in [2.45, 2.75) is 30.2 Å². The average molecular weight is 284 g/mol. The number of rotatable bonds is 5. The quantitative estimate of drug-likeness (QED) is 0.831. The van der Waals surface area contributed by atoms with Crippen LogP contribution >= 0.6 is 0 Å². The molecule has 1 aliphatic heterocycles. The Hall–Kier alpha value is -0.950. The predicted octanol–water partition coefficient (Wildman–Crippen LogP) is 0.645. The zero-order valence-electron chi connectivity index (χ0n) is 10.8. The van der Waals surface area contributed by atoms with Crippen molar-refractivity contribution in [3.8, 4) is 0 Å². The highest BCUT2D eigenvalue weighted by Crippen LogP contribution is 2.10. The van der Waals surface area contributed by atoms with E-state index in [-0.39, 0.29) is 4.90 Å². The van der Waals surface area contributed by atoms with Crippen molar-refractivity contribution in [2.24, 2.45) is 5.14 Å². The molecule has 19 heavy (non-hydrogen) atoms. The van der Waals surface area contributed by atoms with E-state index in [9.17, 15) is 8.42 Å². The van der Waals surface area contributed by atoms with Gasteiger partial charge in [-0.25, -0.2) is 13.6 Å². The minimum absolute atomic E-state index is 0.157. The summed E-state index contributed by atoms with van der Waals surface area (Å²) < 4.78 is 27.6. The molecule has 1 atom stereocenters. The van der Waals surface area contributed by atoms with Crippen LogP contribution in [-0.4, -0.2) is 34.2 Å². The van der Waals surface area contributed by atoms with Crippen molar-refractivity contribution in [3.05, 3.63) is 29.8 Å². The average Bonchev–Trinajstić information content (AvgIpc) is 2.39. The Morgan fingerprint density at radius 3 is 2.63 bits per heavy atom. The number of primary sulfonamides is 1. The second-order valence-electron chi connectivity index (χ2n) is 4.81. The molecule has 2 rings (SSSR count). The van der Waals surface area contributed by atoms with Crippen LogP contribution in [0.1, 0.15) is 18.4 Å². The summed E-state index contributed by atoms with van der Waals surface area (Å²) in [4.78, 5) is 0.157. The van der Waals surface area contributed by atoms with Crippen LogP contribution < -0.4 is 10.5 Å². The molecule has 106 valence electrons. The van der Waals surface area contributed by atoms with E-state index in [4.69, 9.17) is 9.88 Å². The van der Waals surface area contributed by atoms with Crippen LogP contribution in [0.3, 0.4) is 0 Å². The summed E-state index contributed by atoms with van der Waals surface area (Å²) in [5, 5.41) is 8.50. The summed E-state index contributed by atoms with van der Waals surface area (Å²) in [5.74, 6) is 0. The number of hydrogen-bond acceptors (Lipinski definition) is 4. The van der Waals surface area contributed by atoms with Gasteiger partial charge in [0, 0.05) is 12.6 Å².